The summed E-state index contributed by atoms with van der Waals surface area (Å²) in [6.45, 7) is 0.775. The van der Waals surface area contributed by atoms with Crippen LogP contribution in [-0.4, -0.2) is 25.2 Å². The molecule has 20 heavy (non-hydrogen) atoms. The first-order valence-corrected chi connectivity index (χ1v) is 6.61. The molecule has 1 heterocycles. The SMILES string of the molecule is NCC#Cc1cc(F)ccc1NC(=O)C1CCCCO1. The number of halogens is 1. The summed E-state index contributed by atoms with van der Waals surface area (Å²) in [5, 5.41) is 2.74. The first-order chi connectivity index (χ1) is 9.70. The van der Waals surface area contributed by atoms with Crippen LogP contribution in [0.1, 0.15) is 24.8 Å². The van der Waals surface area contributed by atoms with Gasteiger partial charge in [0.15, 0.2) is 0 Å². The van der Waals surface area contributed by atoms with Crippen molar-refractivity contribution in [1.82, 2.24) is 0 Å². The van der Waals surface area contributed by atoms with Gasteiger partial charge in [0.2, 0.25) is 0 Å². The summed E-state index contributed by atoms with van der Waals surface area (Å²) in [4.78, 5) is 12.1. The van der Waals surface area contributed by atoms with Crippen LogP contribution < -0.4 is 11.1 Å². The molecule has 5 heteroatoms. The molecule has 1 fully saturated rings. The molecule has 0 bridgehead atoms. The minimum atomic E-state index is -0.441. The van der Waals surface area contributed by atoms with Crippen molar-refractivity contribution >= 4 is 11.6 Å². The minimum absolute atomic E-state index is 0.176. The van der Waals surface area contributed by atoms with Gasteiger partial charge in [-0.1, -0.05) is 11.8 Å². The summed E-state index contributed by atoms with van der Waals surface area (Å²) in [7, 11) is 0. The second-order valence-corrected chi connectivity index (χ2v) is 4.54. The Morgan fingerprint density at radius 2 is 2.35 bits per heavy atom. The van der Waals surface area contributed by atoms with Gasteiger partial charge in [0.05, 0.1) is 17.8 Å². The van der Waals surface area contributed by atoms with E-state index in [4.69, 9.17) is 10.5 Å². The molecular weight excluding hydrogens is 259 g/mol. The average molecular weight is 276 g/mol. The molecule has 1 unspecified atom stereocenters. The smallest absolute Gasteiger partial charge is 0.253 e. The van der Waals surface area contributed by atoms with E-state index in [1.165, 1.54) is 18.2 Å². The number of carbonyl (C=O) groups is 1. The molecule has 1 saturated heterocycles. The zero-order valence-corrected chi connectivity index (χ0v) is 11.1. The van der Waals surface area contributed by atoms with Crippen molar-refractivity contribution in [2.75, 3.05) is 18.5 Å². The van der Waals surface area contributed by atoms with Crippen LogP contribution in [0, 0.1) is 17.7 Å². The fourth-order valence-corrected chi connectivity index (χ4v) is 2.04. The summed E-state index contributed by atoms with van der Waals surface area (Å²) in [6, 6.07) is 4.06. The van der Waals surface area contributed by atoms with Gasteiger partial charge in [-0.05, 0) is 37.5 Å². The number of rotatable bonds is 2. The topological polar surface area (TPSA) is 64.3 Å². The molecule has 4 nitrogen and oxygen atoms in total. The first-order valence-electron chi connectivity index (χ1n) is 6.61. The third-order valence-corrected chi connectivity index (χ3v) is 3.04. The third kappa shape index (κ3) is 3.80. The van der Waals surface area contributed by atoms with E-state index in [2.05, 4.69) is 17.2 Å². The highest BCUT2D eigenvalue weighted by Gasteiger charge is 2.22. The predicted molar refractivity (Wildman–Crippen MR) is 74.6 cm³/mol. The molecule has 1 aliphatic rings. The van der Waals surface area contributed by atoms with Crippen LogP contribution in [0.15, 0.2) is 18.2 Å². The number of nitrogens with two attached hydrogens (primary N) is 1. The molecule has 3 N–H and O–H groups in total. The number of hydrogen-bond donors (Lipinski definition) is 2. The molecule has 1 aromatic carbocycles. The van der Waals surface area contributed by atoms with Crippen LogP contribution in [0.4, 0.5) is 10.1 Å². The summed E-state index contributed by atoms with van der Waals surface area (Å²) in [5.74, 6) is 4.78. The van der Waals surface area contributed by atoms with Gasteiger partial charge in [0.25, 0.3) is 5.91 Å². The Bertz CT molecular complexity index is 543. The lowest BCUT2D eigenvalue weighted by molar-refractivity contribution is -0.129. The van der Waals surface area contributed by atoms with Gasteiger partial charge >= 0.3 is 0 Å². The van der Waals surface area contributed by atoms with Gasteiger partial charge in [-0.15, -0.1) is 0 Å². The maximum Gasteiger partial charge on any atom is 0.253 e. The maximum absolute atomic E-state index is 13.2. The van der Waals surface area contributed by atoms with Crippen molar-refractivity contribution in [1.29, 1.82) is 0 Å². The normalized spacial score (nSPS) is 18.0. The number of hydrogen-bond acceptors (Lipinski definition) is 3. The Labute approximate surface area is 117 Å². The summed E-state index contributed by atoms with van der Waals surface area (Å²) >= 11 is 0. The highest BCUT2D eigenvalue weighted by atomic mass is 19.1. The molecule has 2 rings (SSSR count). The molecule has 0 radical (unpaired) electrons. The van der Waals surface area contributed by atoms with Crippen molar-refractivity contribution in [2.24, 2.45) is 5.73 Å². The van der Waals surface area contributed by atoms with E-state index in [1.54, 1.807) is 0 Å². The van der Waals surface area contributed by atoms with Crippen molar-refractivity contribution in [2.45, 2.75) is 25.4 Å². The van der Waals surface area contributed by atoms with Gasteiger partial charge in [-0.25, -0.2) is 4.39 Å². The quantitative estimate of drug-likeness (QED) is 0.807. The summed E-state index contributed by atoms with van der Waals surface area (Å²) < 4.78 is 18.6. The van der Waals surface area contributed by atoms with E-state index in [0.717, 1.165) is 12.8 Å². The van der Waals surface area contributed by atoms with E-state index in [9.17, 15) is 9.18 Å². The molecule has 1 aromatic rings. The van der Waals surface area contributed by atoms with Crippen molar-refractivity contribution in [3.05, 3.63) is 29.6 Å². The van der Waals surface area contributed by atoms with Crippen LogP contribution in [0.25, 0.3) is 0 Å². The lowest BCUT2D eigenvalue weighted by Crippen LogP contribution is -2.33. The Morgan fingerprint density at radius 1 is 1.50 bits per heavy atom. The van der Waals surface area contributed by atoms with Crippen LogP contribution >= 0.6 is 0 Å². The Morgan fingerprint density at radius 3 is 3.05 bits per heavy atom. The zero-order chi connectivity index (χ0) is 14.4. The van der Waals surface area contributed by atoms with Gasteiger partial charge in [0, 0.05) is 6.61 Å². The average Bonchev–Trinajstić information content (AvgIpc) is 2.48. The van der Waals surface area contributed by atoms with Crippen molar-refractivity contribution in [3.8, 4) is 11.8 Å². The van der Waals surface area contributed by atoms with Crippen LogP contribution in [-0.2, 0) is 9.53 Å². The number of anilines is 1. The minimum Gasteiger partial charge on any atom is -0.368 e. The highest BCUT2D eigenvalue weighted by molar-refractivity contribution is 5.95. The van der Waals surface area contributed by atoms with E-state index >= 15 is 0 Å². The molecule has 1 aliphatic heterocycles. The number of benzene rings is 1. The first kappa shape index (κ1) is 14.5. The van der Waals surface area contributed by atoms with E-state index in [1.807, 2.05) is 0 Å². The fourth-order valence-electron chi connectivity index (χ4n) is 2.04. The number of nitrogens with one attached hydrogen (secondary N) is 1. The molecule has 0 aliphatic carbocycles. The van der Waals surface area contributed by atoms with Crippen LogP contribution in [0.5, 0.6) is 0 Å². The maximum atomic E-state index is 13.2. The Hall–Kier alpha value is -1.90. The number of carbonyl (C=O) groups excluding carboxylic acids is 1. The van der Waals surface area contributed by atoms with Gasteiger partial charge in [0.1, 0.15) is 11.9 Å². The number of ether oxygens (including phenoxy) is 1. The molecule has 1 atom stereocenters. The van der Waals surface area contributed by atoms with E-state index in [0.29, 0.717) is 24.3 Å². The van der Waals surface area contributed by atoms with E-state index < -0.39 is 11.9 Å². The summed E-state index contributed by atoms with van der Waals surface area (Å²) in [6.07, 6.45) is 2.22. The molecule has 106 valence electrons. The zero-order valence-electron chi connectivity index (χ0n) is 11.1. The van der Waals surface area contributed by atoms with Crippen molar-refractivity contribution in [3.63, 3.8) is 0 Å². The third-order valence-electron chi connectivity index (χ3n) is 3.04. The highest BCUT2D eigenvalue weighted by Crippen LogP contribution is 2.19. The van der Waals surface area contributed by atoms with Crippen LogP contribution in [0.2, 0.25) is 0 Å². The second kappa shape index (κ2) is 7.04. The Balaban J connectivity index is 2.13. The van der Waals surface area contributed by atoms with E-state index in [-0.39, 0.29) is 12.5 Å². The Kier molecular flexibility index (Phi) is 5.10. The largest absolute Gasteiger partial charge is 0.368 e. The molecular formula is C15H17FN2O2. The van der Waals surface area contributed by atoms with Crippen molar-refractivity contribution < 1.29 is 13.9 Å². The monoisotopic (exact) mass is 276 g/mol. The predicted octanol–water partition coefficient (Wildman–Crippen LogP) is 1.64. The van der Waals surface area contributed by atoms with Gasteiger partial charge in [-0.2, -0.15) is 0 Å². The fraction of sp³-hybridized carbons (Fsp3) is 0.400. The molecule has 0 saturated carbocycles. The van der Waals surface area contributed by atoms with Gasteiger partial charge in [-0.3, -0.25) is 4.79 Å². The molecule has 1 amide bonds. The molecule has 0 spiro atoms. The standard InChI is InChI=1S/C15H17FN2O2/c16-12-6-7-13(11(10-12)4-3-8-17)18-15(19)14-5-1-2-9-20-14/h6-7,10,14H,1-2,5,8-9,17H2,(H,18,19). The lowest BCUT2D eigenvalue weighted by Gasteiger charge is -2.22. The molecule has 0 aromatic heterocycles. The lowest BCUT2D eigenvalue weighted by atomic mass is 10.1. The van der Waals surface area contributed by atoms with Gasteiger partial charge < -0.3 is 15.8 Å². The van der Waals surface area contributed by atoms with Crippen LogP contribution in [0.3, 0.4) is 0 Å². The number of amides is 1. The second-order valence-electron chi connectivity index (χ2n) is 4.54. The summed E-state index contributed by atoms with van der Waals surface area (Å²) in [5.41, 5.74) is 6.20.